The van der Waals surface area contributed by atoms with Gasteiger partial charge in [-0.05, 0) is 19.4 Å². The van der Waals surface area contributed by atoms with E-state index in [0.29, 0.717) is 5.57 Å². The van der Waals surface area contributed by atoms with Gasteiger partial charge in [-0.25, -0.2) is 0 Å². The van der Waals surface area contributed by atoms with E-state index in [0.717, 1.165) is 10.6 Å². The average molecular weight is 231 g/mol. The van der Waals surface area contributed by atoms with E-state index in [2.05, 4.69) is 0 Å². The van der Waals surface area contributed by atoms with Crippen LogP contribution in [0.15, 0.2) is 36.4 Å². The molecule has 1 heterocycles. The van der Waals surface area contributed by atoms with Gasteiger partial charge in [0.25, 0.3) is 11.8 Å². The maximum atomic E-state index is 12.0. The molecule has 0 spiro atoms. The molecule has 0 saturated carbocycles. The minimum atomic E-state index is -0.428. The summed E-state index contributed by atoms with van der Waals surface area (Å²) in [6.07, 6.45) is 1.09. The predicted octanol–water partition coefficient (Wildman–Crippen LogP) is 1.78. The van der Waals surface area contributed by atoms with Crippen LogP contribution in [-0.2, 0) is 14.4 Å². The van der Waals surface area contributed by atoms with Gasteiger partial charge >= 0.3 is 0 Å². The van der Waals surface area contributed by atoms with E-state index in [1.165, 1.54) is 6.08 Å². The number of hydrogen-bond acceptors (Lipinski definition) is 3. The van der Waals surface area contributed by atoms with Crippen molar-refractivity contribution in [1.82, 2.24) is 5.06 Å². The van der Waals surface area contributed by atoms with Crippen LogP contribution in [0.3, 0.4) is 0 Å². The van der Waals surface area contributed by atoms with Crippen molar-refractivity contribution in [1.29, 1.82) is 0 Å². The van der Waals surface area contributed by atoms with Gasteiger partial charge in [-0.3, -0.25) is 14.4 Å². The molecule has 0 fully saturated rings. The van der Waals surface area contributed by atoms with Crippen molar-refractivity contribution in [3.63, 3.8) is 0 Å². The molecule has 0 aliphatic carbocycles. The maximum absolute atomic E-state index is 12.0. The monoisotopic (exact) mass is 231 g/mol. The van der Waals surface area contributed by atoms with E-state index in [-0.39, 0.29) is 6.10 Å². The van der Waals surface area contributed by atoms with Gasteiger partial charge in [0.1, 0.15) is 0 Å². The molecule has 2 rings (SSSR count). The lowest BCUT2D eigenvalue weighted by Crippen LogP contribution is -2.33. The second-order valence-electron chi connectivity index (χ2n) is 4.02. The second kappa shape index (κ2) is 4.51. The Morgan fingerprint density at radius 3 is 2.35 bits per heavy atom. The van der Waals surface area contributed by atoms with Crippen molar-refractivity contribution in [2.45, 2.75) is 20.0 Å². The lowest BCUT2D eigenvalue weighted by atomic mass is 10.1. The summed E-state index contributed by atoms with van der Waals surface area (Å²) in [5.74, 6) is -0.836. The predicted molar refractivity (Wildman–Crippen MR) is 62.5 cm³/mol. The molecule has 0 saturated heterocycles. The SMILES string of the molecule is CC(C)ON1C(=O)C=C(c2ccccc2)C1=O. The number of imide groups is 1. The number of benzene rings is 1. The molecule has 0 unspecified atom stereocenters. The van der Waals surface area contributed by atoms with Crippen LogP contribution in [0.2, 0.25) is 0 Å². The van der Waals surface area contributed by atoms with Gasteiger partial charge in [-0.2, -0.15) is 0 Å². The van der Waals surface area contributed by atoms with E-state index in [4.69, 9.17) is 4.84 Å². The highest BCUT2D eigenvalue weighted by molar-refractivity contribution is 6.32. The largest absolute Gasteiger partial charge is 0.285 e. The number of carbonyl (C=O) groups is 2. The molecule has 0 radical (unpaired) electrons. The standard InChI is InChI=1S/C13H13NO3/c1-9(2)17-14-12(15)8-11(13(14)16)10-6-4-3-5-7-10/h3-9H,1-2H3. The lowest BCUT2D eigenvalue weighted by Gasteiger charge is -2.16. The van der Waals surface area contributed by atoms with Crippen LogP contribution >= 0.6 is 0 Å². The molecule has 4 nitrogen and oxygen atoms in total. The van der Waals surface area contributed by atoms with Crippen molar-refractivity contribution in [3.8, 4) is 0 Å². The fourth-order valence-electron chi connectivity index (χ4n) is 1.59. The second-order valence-corrected chi connectivity index (χ2v) is 4.02. The first-order valence-corrected chi connectivity index (χ1v) is 5.42. The number of hydrogen-bond donors (Lipinski definition) is 0. The van der Waals surface area contributed by atoms with Crippen LogP contribution < -0.4 is 0 Å². The highest BCUT2D eigenvalue weighted by Gasteiger charge is 2.33. The quantitative estimate of drug-likeness (QED) is 0.745. The number of nitrogens with zero attached hydrogens (tertiary/aromatic N) is 1. The molecule has 0 atom stereocenters. The van der Waals surface area contributed by atoms with E-state index in [1.807, 2.05) is 18.2 Å². The maximum Gasteiger partial charge on any atom is 0.285 e. The zero-order chi connectivity index (χ0) is 12.4. The van der Waals surface area contributed by atoms with Gasteiger partial charge in [-0.15, -0.1) is 5.06 Å². The van der Waals surface area contributed by atoms with E-state index < -0.39 is 11.8 Å². The topological polar surface area (TPSA) is 46.6 Å². The summed E-state index contributed by atoms with van der Waals surface area (Å²) < 4.78 is 0. The first kappa shape index (κ1) is 11.5. The van der Waals surface area contributed by atoms with Gasteiger partial charge in [0.05, 0.1) is 11.7 Å². The molecular weight excluding hydrogens is 218 g/mol. The third kappa shape index (κ3) is 2.26. The average Bonchev–Trinajstić information content (AvgIpc) is 2.58. The minimum Gasteiger partial charge on any atom is -0.267 e. The highest BCUT2D eigenvalue weighted by atomic mass is 16.7. The van der Waals surface area contributed by atoms with Crippen LogP contribution in [0.5, 0.6) is 0 Å². The van der Waals surface area contributed by atoms with Crippen LogP contribution in [0.4, 0.5) is 0 Å². The summed E-state index contributed by atoms with van der Waals surface area (Å²) in [6.45, 7) is 3.53. The Morgan fingerprint density at radius 2 is 1.76 bits per heavy atom. The summed E-state index contributed by atoms with van der Waals surface area (Å²) in [5, 5.41) is 0.812. The molecule has 1 aromatic carbocycles. The fourth-order valence-corrected chi connectivity index (χ4v) is 1.59. The molecule has 0 aromatic heterocycles. The number of amides is 2. The van der Waals surface area contributed by atoms with Crippen molar-refractivity contribution in [2.75, 3.05) is 0 Å². The van der Waals surface area contributed by atoms with Gasteiger partial charge < -0.3 is 0 Å². The molecule has 1 aliphatic rings. The molecule has 0 N–H and O–H groups in total. The Balaban J connectivity index is 2.26. The van der Waals surface area contributed by atoms with Crippen LogP contribution in [0, 0.1) is 0 Å². The summed E-state index contributed by atoms with van der Waals surface area (Å²) in [6, 6.07) is 9.07. The Labute approximate surface area is 99.4 Å². The van der Waals surface area contributed by atoms with E-state index in [9.17, 15) is 9.59 Å². The number of hydroxylamine groups is 2. The van der Waals surface area contributed by atoms with Crippen molar-refractivity contribution in [2.24, 2.45) is 0 Å². The van der Waals surface area contributed by atoms with Gasteiger partial charge in [0.15, 0.2) is 0 Å². The fraction of sp³-hybridized carbons (Fsp3) is 0.231. The van der Waals surface area contributed by atoms with E-state index >= 15 is 0 Å². The molecule has 2 amide bonds. The molecule has 4 heteroatoms. The van der Waals surface area contributed by atoms with Crippen molar-refractivity contribution < 1.29 is 14.4 Å². The smallest absolute Gasteiger partial charge is 0.267 e. The van der Waals surface area contributed by atoms with Crippen LogP contribution in [0.1, 0.15) is 19.4 Å². The Morgan fingerprint density at radius 1 is 1.12 bits per heavy atom. The zero-order valence-corrected chi connectivity index (χ0v) is 9.71. The van der Waals surface area contributed by atoms with Crippen LogP contribution in [0.25, 0.3) is 5.57 Å². The Bertz CT molecular complexity index is 477. The van der Waals surface area contributed by atoms with Gasteiger partial charge in [0.2, 0.25) is 0 Å². The molecular formula is C13H13NO3. The van der Waals surface area contributed by atoms with Gasteiger partial charge in [0, 0.05) is 6.08 Å². The Kier molecular flexibility index (Phi) is 3.06. The first-order chi connectivity index (χ1) is 8.09. The molecule has 0 bridgehead atoms. The summed E-state index contributed by atoms with van der Waals surface area (Å²) in [7, 11) is 0. The number of carbonyl (C=O) groups excluding carboxylic acids is 2. The lowest BCUT2D eigenvalue weighted by molar-refractivity contribution is -0.195. The van der Waals surface area contributed by atoms with E-state index in [1.54, 1.807) is 26.0 Å². The normalized spacial score (nSPS) is 15.7. The third-order valence-electron chi connectivity index (χ3n) is 2.28. The third-order valence-corrected chi connectivity index (χ3v) is 2.28. The highest BCUT2D eigenvalue weighted by Crippen LogP contribution is 2.23. The molecule has 17 heavy (non-hydrogen) atoms. The summed E-state index contributed by atoms with van der Waals surface area (Å²) in [4.78, 5) is 28.7. The molecule has 88 valence electrons. The summed E-state index contributed by atoms with van der Waals surface area (Å²) >= 11 is 0. The minimum absolute atomic E-state index is 0.216. The summed E-state index contributed by atoms with van der Waals surface area (Å²) in [5.41, 5.74) is 1.09. The van der Waals surface area contributed by atoms with Crippen molar-refractivity contribution in [3.05, 3.63) is 42.0 Å². The first-order valence-electron chi connectivity index (χ1n) is 5.42. The molecule has 1 aliphatic heterocycles. The van der Waals surface area contributed by atoms with Crippen molar-refractivity contribution >= 4 is 17.4 Å². The Hall–Kier alpha value is -1.94. The molecule has 1 aromatic rings. The van der Waals surface area contributed by atoms with Gasteiger partial charge in [-0.1, -0.05) is 30.3 Å². The zero-order valence-electron chi connectivity index (χ0n) is 9.71. The van der Waals surface area contributed by atoms with Crippen LogP contribution in [-0.4, -0.2) is 23.0 Å². The number of rotatable bonds is 3.